The van der Waals surface area contributed by atoms with Crippen LogP contribution in [-0.4, -0.2) is 29.5 Å². The summed E-state index contributed by atoms with van der Waals surface area (Å²) < 4.78 is 5.64. The molecule has 3 aromatic rings. The van der Waals surface area contributed by atoms with E-state index in [-0.39, 0.29) is 24.5 Å². The van der Waals surface area contributed by atoms with Crippen molar-refractivity contribution >= 4 is 35.2 Å². The molecule has 0 aliphatic carbocycles. The maximum absolute atomic E-state index is 12.9. The lowest BCUT2D eigenvalue weighted by Crippen LogP contribution is -2.23. The lowest BCUT2D eigenvalue weighted by Gasteiger charge is -2.18. The van der Waals surface area contributed by atoms with Crippen LogP contribution in [0.25, 0.3) is 6.08 Å². The van der Waals surface area contributed by atoms with Gasteiger partial charge >= 0.3 is 5.97 Å². The first-order chi connectivity index (χ1) is 15.5. The lowest BCUT2D eigenvalue weighted by molar-refractivity contribution is -0.136. The van der Waals surface area contributed by atoms with Crippen molar-refractivity contribution in [3.05, 3.63) is 95.1 Å². The van der Waals surface area contributed by atoms with E-state index in [2.05, 4.69) is 10.6 Å². The maximum atomic E-state index is 12.9. The van der Waals surface area contributed by atoms with Crippen molar-refractivity contribution < 1.29 is 24.2 Å². The number of carbonyl (C=O) groups excluding carboxylic acids is 2. The molecule has 0 atom stereocenters. The third-order valence-corrected chi connectivity index (χ3v) is 4.88. The molecule has 0 bridgehead atoms. The van der Waals surface area contributed by atoms with Gasteiger partial charge in [-0.1, -0.05) is 42.5 Å². The predicted molar refractivity (Wildman–Crippen MR) is 121 cm³/mol. The minimum absolute atomic E-state index is 0.133. The molecule has 1 heterocycles. The summed E-state index contributed by atoms with van der Waals surface area (Å²) in [5.41, 5.74) is 2.94. The van der Waals surface area contributed by atoms with E-state index in [1.54, 1.807) is 54.6 Å². The van der Waals surface area contributed by atoms with Crippen molar-refractivity contribution in [2.24, 2.45) is 0 Å². The summed E-state index contributed by atoms with van der Waals surface area (Å²) in [6.45, 7) is 0.133. The predicted octanol–water partition coefficient (Wildman–Crippen LogP) is 3.98. The zero-order valence-corrected chi connectivity index (χ0v) is 17.0. The van der Waals surface area contributed by atoms with Gasteiger partial charge in [0.15, 0.2) is 0 Å². The SMILES string of the molecule is O=C(O)Cc1cccc(NC(=O)c2ccccc2NC(=O)C2=Cc3ccccc3OC2)c1. The van der Waals surface area contributed by atoms with Gasteiger partial charge in [-0.15, -0.1) is 0 Å². The van der Waals surface area contributed by atoms with Crippen LogP contribution in [0.1, 0.15) is 21.5 Å². The summed E-state index contributed by atoms with van der Waals surface area (Å²) in [6, 6.07) is 20.7. The Labute approximate surface area is 184 Å². The van der Waals surface area contributed by atoms with Crippen LogP contribution < -0.4 is 15.4 Å². The van der Waals surface area contributed by atoms with Gasteiger partial charge in [-0.2, -0.15) is 0 Å². The number of hydrogen-bond acceptors (Lipinski definition) is 4. The lowest BCUT2D eigenvalue weighted by atomic mass is 10.1. The molecule has 0 saturated heterocycles. The normalized spacial score (nSPS) is 12.1. The van der Waals surface area contributed by atoms with Crippen molar-refractivity contribution in [3.63, 3.8) is 0 Å². The monoisotopic (exact) mass is 428 g/mol. The number of amides is 2. The number of nitrogens with one attached hydrogen (secondary N) is 2. The van der Waals surface area contributed by atoms with Gasteiger partial charge in [0.25, 0.3) is 11.8 Å². The molecule has 7 heteroatoms. The largest absolute Gasteiger partial charge is 0.488 e. The average molecular weight is 428 g/mol. The Morgan fingerprint density at radius 1 is 0.875 bits per heavy atom. The fourth-order valence-corrected chi connectivity index (χ4v) is 3.37. The minimum atomic E-state index is -0.954. The zero-order chi connectivity index (χ0) is 22.5. The molecule has 0 radical (unpaired) electrons. The topological polar surface area (TPSA) is 105 Å². The van der Waals surface area contributed by atoms with Gasteiger partial charge < -0.3 is 20.5 Å². The minimum Gasteiger partial charge on any atom is -0.488 e. The summed E-state index contributed by atoms with van der Waals surface area (Å²) >= 11 is 0. The number of anilines is 2. The second-order valence-electron chi connectivity index (χ2n) is 7.22. The molecule has 1 aliphatic rings. The second-order valence-corrected chi connectivity index (χ2v) is 7.22. The third kappa shape index (κ3) is 4.84. The number of benzene rings is 3. The van der Waals surface area contributed by atoms with Crippen LogP contribution >= 0.6 is 0 Å². The molecule has 0 spiro atoms. The first kappa shape index (κ1) is 20.9. The first-order valence-corrected chi connectivity index (χ1v) is 9.94. The van der Waals surface area contributed by atoms with Crippen LogP contribution in [0.15, 0.2) is 78.4 Å². The second kappa shape index (κ2) is 9.18. The Bertz CT molecular complexity index is 1230. The van der Waals surface area contributed by atoms with Crippen molar-refractivity contribution in [1.82, 2.24) is 0 Å². The molecular formula is C25H20N2O5. The molecule has 7 nitrogen and oxygen atoms in total. The van der Waals surface area contributed by atoms with Gasteiger partial charge in [-0.3, -0.25) is 14.4 Å². The van der Waals surface area contributed by atoms with E-state index in [4.69, 9.17) is 9.84 Å². The fourth-order valence-electron chi connectivity index (χ4n) is 3.37. The van der Waals surface area contributed by atoms with Gasteiger partial charge in [0.2, 0.25) is 0 Å². The summed E-state index contributed by atoms with van der Waals surface area (Å²) in [5, 5.41) is 14.5. The summed E-state index contributed by atoms with van der Waals surface area (Å²) in [5.74, 6) is -1.02. The number of carboxylic acid groups (broad SMARTS) is 1. The molecular weight excluding hydrogens is 408 g/mol. The van der Waals surface area contributed by atoms with Gasteiger partial charge in [0, 0.05) is 11.3 Å². The van der Waals surface area contributed by atoms with Crippen molar-refractivity contribution in [1.29, 1.82) is 0 Å². The number of hydrogen-bond donors (Lipinski definition) is 3. The average Bonchev–Trinajstić information content (AvgIpc) is 2.79. The Morgan fingerprint density at radius 2 is 1.66 bits per heavy atom. The van der Waals surface area contributed by atoms with E-state index in [1.807, 2.05) is 24.3 Å². The number of para-hydroxylation sites is 2. The molecule has 32 heavy (non-hydrogen) atoms. The highest BCUT2D eigenvalue weighted by Gasteiger charge is 2.19. The van der Waals surface area contributed by atoms with E-state index < -0.39 is 11.9 Å². The molecule has 0 saturated carbocycles. The number of carbonyl (C=O) groups is 3. The van der Waals surface area contributed by atoms with Gasteiger partial charge in [0.05, 0.1) is 23.2 Å². The van der Waals surface area contributed by atoms with E-state index in [1.165, 1.54) is 0 Å². The smallest absolute Gasteiger partial charge is 0.307 e. The quantitative estimate of drug-likeness (QED) is 0.551. The number of ether oxygens (including phenoxy) is 1. The van der Waals surface area contributed by atoms with Crippen molar-refractivity contribution in [2.75, 3.05) is 17.2 Å². The van der Waals surface area contributed by atoms with Gasteiger partial charge in [-0.25, -0.2) is 0 Å². The molecule has 3 aromatic carbocycles. The molecule has 160 valence electrons. The molecule has 0 unspecified atom stereocenters. The number of aliphatic carboxylic acids is 1. The van der Waals surface area contributed by atoms with E-state index >= 15 is 0 Å². The number of carboxylic acids is 1. The summed E-state index contributed by atoms with van der Waals surface area (Å²) in [7, 11) is 0. The van der Waals surface area contributed by atoms with Crippen LogP contribution in [0.3, 0.4) is 0 Å². The molecule has 4 rings (SSSR count). The number of fused-ring (bicyclic) bond motifs is 1. The number of rotatable bonds is 6. The van der Waals surface area contributed by atoms with Crippen LogP contribution in [-0.2, 0) is 16.0 Å². The van der Waals surface area contributed by atoms with Crippen molar-refractivity contribution in [2.45, 2.75) is 6.42 Å². The molecule has 0 aromatic heterocycles. The molecule has 1 aliphatic heterocycles. The summed E-state index contributed by atoms with van der Waals surface area (Å²) in [6.07, 6.45) is 1.63. The van der Waals surface area contributed by atoms with Gasteiger partial charge in [-0.05, 0) is 42.0 Å². The Balaban J connectivity index is 1.51. The molecule has 0 fully saturated rings. The highest BCUT2D eigenvalue weighted by Crippen LogP contribution is 2.27. The zero-order valence-electron chi connectivity index (χ0n) is 17.0. The van der Waals surface area contributed by atoms with Gasteiger partial charge in [0.1, 0.15) is 12.4 Å². The first-order valence-electron chi connectivity index (χ1n) is 9.94. The Morgan fingerprint density at radius 3 is 2.50 bits per heavy atom. The van der Waals surface area contributed by atoms with E-state index in [0.29, 0.717) is 28.3 Å². The maximum Gasteiger partial charge on any atom is 0.307 e. The van der Waals surface area contributed by atoms with E-state index in [0.717, 1.165) is 5.56 Å². The van der Waals surface area contributed by atoms with Crippen LogP contribution in [0.2, 0.25) is 0 Å². The van der Waals surface area contributed by atoms with Crippen LogP contribution in [0.4, 0.5) is 11.4 Å². The van der Waals surface area contributed by atoms with Crippen molar-refractivity contribution in [3.8, 4) is 5.75 Å². The van der Waals surface area contributed by atoms with Crippen LogP contribution in [0.5, 0.6) is 5.75 Å². The highest BCUT2D eigenvalue weighted by atomic mass is 16.5. The Kier molecular flexibility index (Phi) is 5.98. The standard InChI is InChI=1S/C25H20N2O5/c28-23(29)13-16-6-5-8-19(12-16)26-25(31)20-9-2-3-10-21(20)27-24(30)18-14-17-7-1-4-11-22(17)32-15-18/h1-12,14H,13,15H2,(H,26,31)(H,27,30)(H,28,29). The molecule has 3 N–H and O–H groups in total. The Hall–Kier alpha value is -4.39. The fraction of sp³-hybridized carbons (Fsp3) is 0.0800. The summed E-state index contributed by atoms with van der Waals surface area (Å²) in [4.78, 5) is 36.6. The highest BCUT2D eigenvalue weighted by molar-refractivity contribution is 6.13. The molecule has 2 amide bonds. The third-order valence-electron chi connectivity index (χ3n) is 4.88. The van der Waals surface area contributed by atoms with Crippen LogP contribution in [0, 0.1) is 0 Å². The van der Waals surface area contributed by atoms with E-state index in [9.17, 15) is 14.4 Å².